The van der Waals surface area contributed by atoms with Crippen molar-refractivity contribution in [3.63, 3.8) is 0 Å². The van der Waals surface area contributed by atoms with E-state index < -0.39 is 0 Å². The lowest BCUT2D eigenvalue weighted by atomic mass is 9.74. The van der Waals surface area contributed by atoms with Crippen LogP contribution in [0.5, 0.6) is 0 Å². The third-order valence-corrected chi connectivity index (χ3v) is 9.35. The van der Waals surface area contributed by atoms with Crippen LogP contribution in [0.15, 0.2) is 132 Å². The first-order valence-electron chi connectivity index (χ1n) is 14.7. The first kappa shape index (κ1) is 22.9. The summed E-state index contributed by atoms with van der Waals surface area (Å²) in [6.07, 6.45) is 3.28. The van der Waals surface area contributed by atoms with Crippen LogP contribution >= 0.6 is 0 Å². The van der Waals surface area contributed by atoms with E-state index in [1.54, 1.807) is 0 Å². The van der Waals surface area contributed by atoms with Crippen LogP contribution in [0.3, 0.4) is 0 Å². The monoisotopic (exact) mass is 524 g/mol. The molecule has 7 aromatic carbocycles. The van der Waals surface area contributed by atoms with Crippen molar-refractivity contribution in [3.8, 4) is 22.3 Å². The highest BCUT2D eigenvalue weighted by molar-refractivity contribution is 6.35. The lowest BCUT2D eigenvalue weighted by molar-refractivity contribution is 0.617. The Morgan fingerprint density at radius 2 is 1.22 bits per heavy atom. The summed E-state index contributed by atoms with van der Waals surface area (Å²) >= 11 is 0. The molecule has 1 atom stereocenters. The number of fused-ring (bicyclic) bond motifs is 7. The van der Waals surface area contributed by atoms with Gasteiger partial charge in [0.25, 0.3) is 0 Å². The van der Waals surface area contributed by atoms with Crippen molar-refractivity contribution < 1.29 is 4.42 Å². The molecule has 0 amide bonds. The maximum atomic E-state index is 6.34. The van der Waals surface area contributed by atoms with Gasteiger partial charge in [0.05, 0.1) is 0 Å². The van der Waals surface area contributed by atoms with Gasteiger partial charge in [0.15, 0.2) is 0 Å². The van der Waals surface area contributed by atoms with E-state index in [1.807, 2.05) is 0 Å². The van der Waals surface area contributed by atoms with Gasteiger partial charge in [-0.25, -0.2) is 0 Å². The number of furan rings is 1. The fourth-order valence-electron chi connectivity index (χ4n) is 7.46. The van der Waals surface area contributed by atoms with Crippen LogP contribution in [0, 0.1) is 0 Å². The van der Waals surface area contributed by atoms with E-state index in [-0.39, 0.29) is 0 Å². The number of hydrogen-bond acceptors (Lipinski definition) is 1. The lowest BCUT2D eigenvalue weighted by Gasteiger charge is -2.30. The second-order valence-electron chi connectivity index (χ2n) is 11.6. The normalized spacial score (nSPS) is 14.7. The smallest absolute Gasteiger partial charge is 0.136 e. The van der Waals surface area contributed by atoms with Gasteiger partial charge < -0.3 is 4.42 Å². The largest absolute Gasteiger partial charge is 0.456 e. The van der Waals surface area contributed by atoms with Gasteiger partial charge in [0, 0.05) is 10.8 Å². The van der Waals surface area contributed by atoms with Crippen molar-refractivity contribution in [1.82, 2.24) is 0 Å². The van der Waals surface area contributed by atoms with Gasteiger partial charge in [-0.3, -0.25) is 0 Å². The highest BCUT2D eigenvalue weighted by Gasteiger charge is 2.28. The molecule has 0 spiro atoms. The first-order chi connectivity index (χ1) is 20.3. The Hall–Kier alpha value is -4.88. The van der Waals surface area contributed by atoms with Gasteiger partial charge in [-0.15, -0.1) is 0 Å². The molecular weight excluding hydrogens is 496 g/mol. The van der Waals surface area contributed by atoms with Crippen LogP contribution in [0.25, 0.3) is 65.7 Å². The van der Waals surface area contributed by atoms with Crippen molar-refractivity contribution >= 4 is 43.5 Å². The standard InChI is InChI=1S/C40H28O/c1-2-8-26(9-3-1)27-19-16-25(17-20-27)18-21-29-24-28-10-4-5-11-30(28)37-31(29)22-23-33-32-12-6-14-35-39(32)40-34(38(33)37)13-7-15-36(40)41-35/h1-17,19-20,22-23,29H,18,21,24H2. The summed E-state index contributed by atoms with van der Waals surface area (Å²) in [6, 6.07) is 46.8. The lowest BCUT2D eigenvalue weighted by Crippen LogP contribution is -2.13. The van der Waals surface area contributed by atoms with Crippen LogP contribution in [-0.2, 0) is 12.8 Å². The molecule has 194 valence electrons. The molecule has 0 N–H and O–H groups in total. The molecule has 0 radical (unpaired) electrons. The topological polar surface area (TPSA) is 13.1 Å². The van der Waals surface area contributed by atoms with Crippen molar-refractivity contribution in [3.05, 3.63) is 144 Å². The fourth-order valence-corrected chi connectivity index (χ4v) is 7.46. The highest BCUT2D eigenvalue weighted by Crippen LogP contribution is 2.50. The molecule has 1 aliphatic carbocycles. The zero-order valence-corrected chi connectivity index (χ0v) is 22.7. The molecule has 1 aliphatic rings. The third kappa shape index (κ3) is 3.42. The summed E-state index contributed by atoms with van der Waals surface area (Å²) in [4.78, 5) is 0. The maximum absolute atomic E-state index is 6.34. The molecule has 0 fully saturated rings. The van der Waals surface area contributed by atoms with E-state index in [0.29, 0.717) is 5.92 Å². The quantitative estimate of drug-likeness (QED) is 0.209. The third-order valence-electron chi connectivity index (χ3n) is 9.35. The Kier molecular flexibility index (Phi) is 4.92. The van der Waals surface area contributed by atoms with Crippen molar-refractivity contribution in [2.24, 2.45) is 0 Å². The van der Waals surface area contributed by atoms with E-state index in [9.17, 15) is 0 Å². The molecule has 0 saturated carbocycles. The summed E-state index contributed by atoms with van der Waals surface area (Å²) in [6.45, 7) is 0. The summed E-state index contributed by atoms with van der Waals surface area (Å²) in [5, 5.41) is 7.80. The first-order valence-corrected chi connectivity index (χ1v) is 14.7. The molecule has 0 bridgehead atoms. The zero-order chi connectivity index (χ0) is 26.9. The molecule has 1 nitrogen and oxygen atoms in total. The van der Waals surface area contributed by atoms with Crippen LogP contribution in [0.2, 0.25) is 0 Å². The zero-order valence-electron chi connectivity index (χ0n) is 22.7. The predicted molar refractivity (Wildman–Crippen MR) is 172 cm³/mol. The number of aryl methyl sites for hydroxylation is 1. The van der Waals surface area contributed by atoms with E-state index in [4.69, 9.17) is 4.42 Å². The van der Waals surface area contributed by atoms with E-state index in [0.717, 1.165) is 30.4 Å². The summed E-state index contributed by atoms with van der Waals surface area (Å²) in [5.74, 6) is 0.472. The minimum atomic E-state index is 0.472. The molecule has 0 aliphatic heterocycles. The average Bonchev–Trinajstić information content (AvgIpc) is 3.43. The minimum absolute atomic E-state index is 0.472. The Morgan fingerprint density at radius 3 is 2.05 bits per heavy atom. The van der Waals surface area contributed by atoms with Gasteiger partial charge in [0.1, 0.15) is 11.2 Å². The molecule has 1 heteroatoms. The van der Waals surface area contributed by atoms with Crippen LogP contribution in [0.1, 0.15) is 29.0 Å². The number of hydrogen-bond donors (Lipinski definition) is 0. The molecule has 1 unspecified atom stereocenters. The van der Waals surface area contributed by atoms with Crippen LogP contribution < -0.4 is 0 Å². The van der Waals surface area contributed by atoms with Gasteiger partial charge in [-0.05, 0) is 97.8 Å². The second-order valence-corrected chi connectivity index (χ2v) is 11.6. The van der Waals surface area contributed by atoms with Crippen LogP contribution in [0.4, 0.5) is 0 Å². The Labute approximate surface area is 239 Å². The number of benzene rings is 7. The Balaban J connectivity index is 1.19. The van der Waals surface area contributed by atoms with Crippen molar-refractivity contribution in [1.29, 1.82) is 0 Å². The average molecular weight is 525 g/mol. The molecule has 41 heavy (non-hydrogen) atoms. The van der Waals surface area contributed by atoms with E-state index in [2.05, 4.69) is 127 Å². The van der Waals surface area contributed by atoms with Gasteiger partial charge in [-0.1, -0.05) is 115 Å². The highest BCUT2D eigenvalue weighted by atomic mass is 16.3. The van der Waals surface area contributed by atoms with E-state index in [1.165, 1.54) is 71.3 Å². The predicted octanol–water partition coefficient (Wildman–Crippen LogP) is 10.9. The van der Waals surface area contributed by atoms with Gasteiger partial charge >= 0.3 is 0 Å². The second kappa shape index (κ2) is 8.81. The van der Waals surface area contributed by atoms with E-state index >= 15 is 0 Å². The fraction of sp³-hybridized carbons (Fsp3) is 0.100. The molecule has 1 aromatic heterocycles. The summed E-state index contributed by atoms with van der Waals surface area (Å²) in [7, 11) is 0. The SMILES string of the molecule is c1ccc(-c2ccc(CCC3Cc4ccccc4-c4c3ccc3c5cccc6oc7cccc(c43)c7c65)cc2)cc1. The molecule has 8 aromatic rings. The van der Waals surface area contributed by atoms with Crippen molar-refractivity contribution in [2.45, 2.75) is 25.2 Å². The number of rotatable bonds is 4. The molecule has 1 heterocycles. The maximum Gasteiger partial charge on any atom is 0.136 e. The molecule has 0 saturated heterocycles. The van der Waals surface area contributed by atoms with Crippen molar-refractivity contribution in [2.75, 3.05) is 0 Å². The molecule has 9 rings (SSSR count). The summed E-state index contributed by atoms with van der Waals surface area (Å²) in [5.41, 5.74) is 11.7. The summed E-state index contributed by atoms with van der Waals surface area (Å²) < 4.78 is 6.34. The van der Waals surface area contributed by atoms with Gasteiger partial charge in [-0.2, -0.15) is 0 Å². The minimum Gasteiger partial charge on any atom is -0.456 e. The Bertz CT molecular complexity index is 2220. The van der Waals surface area contributed by atoms with Crippen LogP contribution in [-0.4, -0.2) is 0 Å². The Morgan fingerprint density at radius 1 is 0.537 bits per heavy atom. The molecular formula is C40H28O. The van der Waals surface area contributed by atoms with Gasteiger partial charge in [0.2, 0.25) is 0 Å².